The van der Waals surface area contributed by atoms with Crippen molar-refractivity contribution in [3.05, 3.63) is 29.8 Å². The summed E-state index contributed by atoms with van der Waals surface area (Å²) in [6.45, 7) is 16.8. The fraction of sp³-hybridized carbons (Fsp3) is 0.775. The Bertz CT molecular complexity index is 1390. The Kier molecular flexibility index (Phi) is 8.60. The number of carbonyl (C=O) groups is 3. The largest absolute Gasteiger partial charge is 0.497 e. The fourth-order valence-corrected chi connectivity index (χ4v) is 13.2. The second kappa shape index (κ2) is 11.8. The molecule has 10 atom stereocenters. The third-order valence-electron chi connectivity index (χ3n) is 15.7. The predicted octanol–water partition coefficient (Wildman–Crippen LogP) is 8.16. The maximum absolute atomic E-state index is 13.9. The molecule has 7 heteroatoms. The van der Waals surface area contributed by atoms with E-state index in [1.807, 2.05) is 12.1 Å². The molecule has 5 aliphatic carbocycles. The van der Waals surface area contributed by atoms with Crippen LogP contribution in [0.25, 0.3) is 0 Å². The molecule has 2 N–H and O–H groups in total. The summed E-state index contributed by atoms with van der Waals surface area (Å²) in [4.78, 5) is 38.7. The Hall–Kier alpha value is -2.57. The lowest BCUT2D eigenvalue weighted by atomic mass is 9.32. The topological polar surface area (TPSA) is 102 Å². The van der Waals surface area contributed by atoms with Gasteiger partial charge in [0.1, 0.15) is 18.4 Å². The van der Waals surface area contributed by atoms with Gasteiger partial charge in [0.25, 0.3) is 0 Å². The highest BCUT2D eigenvalue weighted by molar-refractivity contribution is 5.89. The molecule has 5 saturated carbocycles. The molecule has 7 nitrogen and oxygen atoms in total. The normalized spacial score (nSPS) is 41.9. The van der Waals surface area contributed by atoms with E-state index in [1.54, 1.807) is 19.2 Å². The van der Waals surface area contributed by atoms with Crippen LogP contribution in [0.4, 0.5) is 0 Å². The van der Waals surface area contributed by atoms with Gasteiger partial charge in [-0.2, -0.15) is 0 Å². The van der Waals surface area contributed by atoms with Gasteiger partial charge in [-0.15, -0.1) is 0 Å². The maximum atomic E-state index is 13.9. The Morgan fingerprint density at radius 3 is 2.19 bits per heavy atom. The maximum Gasteiger partial charge on any atom is 0.338 e. The first-order chi connectivity index (χ1) is 22.0. The smallest absolute Gasteiger partial charge is 0.338 e. The van der Waals surface area contributed by atoms with Crippen molar-refractivity contribution in [2.75, 3.05) is 13.7 Å². The summed E-state index contributed by atoms with van der Waals surface area (Å²) in [5.41, 5.74) is 0.379. The number of carboxylic acid groups (broad SMARTS) is 1. The molecular weight excluding hydrogens is 590 g/mol. The zero-order valence-corrected chi connectivity index (χ0v) is 30.1. The van der Waals surface area contributed by atoms with Crippen LogP contribution in [0, 0.1) is 62.6 Å². The van der Waals surface area contributed by atoms with Gasteiger partial charge >= 0.3 is 11.9 Å². The molecule has 0 heterocycles. The average Bonchev–Trinajstić information content (AvgIpc) is 3.43. The second-order valence-electron chi connectivity index (χ2n) is 17.9. The highest BCUT2D eigenvalue weighted by Gasteiger charge is 2.72. The molecule has 0 aliphatic heterocycles. The van der Waals surface area contributed by atoms with E-state index in [0.717, 1.165) is 63.5 Å². The molecule has 5 fully saturated rings. The molecule has 0 spiro atoms. The van der Waals surface area contributed by atoms with Crippen molar-refractivity contribution in [3.63, 3.8) is 0 Å². The summed E-state index contributed by atoms with van der Waals surface area (Å²) < 4.78 is 11.6. The van der Waals surface area contributed by atoms with Gasteiger partial charge in [-0.1, -0.05) is 48.5 Å². The quantitative estimate of drug-likeness (QED) is 0.289. The highest BCUT2D eigenvalue weighted by Crippen LogP contribution is 2.77. The van der Waals surface area contributed by atoms with Crippen LogP contribution in [0.3, 0.4) is 0 Å². The molecule has 0 aromatic heterocycles. The van der Waals surface area contributed by atoms with Gasteiger partial charge in [0, 0.05) is 5.41 Å². The first kappa shape index (κ1) is 34.3. The van der Waals surface area contributed by atoms with Crippen molar-refractivity contribution in [1.82, 2.24) is 5.32 Å². The summed E-state index contributed by atoms with van der Waals surface area (Å²) >= 11 is 0. The van der Waals surface area contributed by atoms with E-state index in [-0.39, 0.29) is 46.2 Å². The van der Waals surface area contributed by atoms with Crippen LogP contribution in [-0.4, -0.2) is 42.7 Å². The van der Waals surface area contributed by atoms with Crippen LogP contribution in [0.2, 0.25) is 0 Å². The molecule has 4 unspecified atom stereocenters. The van der Waals surface area contributed by atoms with Crippen molar-refractivity contribution in [2.45, 2.75) is 119 Å². The van der Waals surface area contributed by atoms with Crippen LogP contribution in [0.5, 0.6) is 5.75 Å². The van der Waals surface area contributed by atoms with Crippen LogP contribution in [0.15, 0.2) is 24.3 Å². The molecular formula is C40H59NO6. The van der Waals surface area contributed by atoms with Gasteiger partial charge < -0.3 is 19.9 Å². The third-order valence-corrected chi connectivity index (χ3v) is 15.7. The zero-order valence-electron chi connectivity index (χ0n) is 30.1. The number of amides is 1. The van der Waals surface area contributed by atoms with Crippen LogP contribution in [-0.2, 0) is 14.3 Å². The number of carbonyl (C=O) groups excluding carboxylic acids is 2. The number of rotatable bonds is 7. The first-order valence-electron chi connectivity index (χ1n) is 18.4. The van der Waals surface area contributed by atoms with Crippen molar-refractivity contribution in [3.8, 4) is 5.75 Å². The minimum Gasteiger partial charge on any atom is -0.497 e. The summed E-state index contributed by atoms with van der Waals surface area (Å²) in [5, 5.41) is 12.2. The van der Waals surface area contributed by atoms with Crippen LogP contribution in [0.1, 0.15) is 123 Å². The minimum absolute atomic E-state index is 0.0118. The van der Waals surface area contributed by atoms with Crippen molar-refractivity contribution < 1.29 is 29.0 Å². The van der Waals surface area contributed by atoms with E-state index in [1.165, 1.54) is 6.42 Å². The molecule has 6 rings (SSSR count). The van der Waals surface area contributed by atoms with Crippen molar-refractivity contribution in [2.24, 2.45) is 62.6 Å². The number of nitrogens with one attached hydrogen (secondary N) is 1. The molecule has 0 saturated heterocycles. The lowest BCUT2D eigenvalue weighted by molar-refractivity contribution is -0.247. The first-order valence-corrected chi connectivity index (χ1v) is 18.4. The Morgan fingerprint density at radius 2 is 1.55 bits per heavy atom. The lowest BCUT2D eigenvalue weighted by Gasteiger charge is -2.73. The Morgan fingerprint density at radius 1 is 0.851 bits per heavy atom. The minimum atomic E-state index is -0.975. The van der Waals surface area contributed by atoms with E-state index in [2.05, 4.69) is 53.8 Å². The van der Waals surface area contributed by atoms with Crippen LogP contribution >= 0.6 is 0 Å². The Labute approximate surface area is 282 Å². The van der Waals surface area contributed by atoms with E-state index >= 15 is 0 Å². The molecule has 0 bridgehead atoms. The third kappa shape index (κ3) is 5.06. The van der Waals surface area contributed by atoms with Crippen LogP contribution < -0.4 is 10.1 Å². The number of ether oxygens (including phenoxy) is 2. The number of methoxy groups -OCH3 is 1. The number of esters is 1. The van der Waals surface area contributed by atoms with Crippen molar-refractivity contribution in [1.29, 1.82) is 0 Å². The number of aliphatic carboxylic acids is 1. The summed E-state index contributed by atoms with van der Waals surface area (Å²) in [6, 6.07) is 7.20. The number of hydrogen-bond donors (Lipinski definition) is 2. The number of carboxylic acids is 1. The highest BCUT2D eigenvalue weighted by atomic mass is 16.5. The second-order valence-corrected chi connectivity index (χ2v) is 17.9. The number of hydrogen-bond acceptors (Lipinski definition) is 5. The molecule has 1 aromatic carbocycles. The van der Waals surface area contributed by atoms with E-state index in [0.29, 0.717) is 41.1 Å². The standard InChI is InChI=1S/C40H59NO6/c1-24(2)27-15-20-40(35(45)41-23-32(42)43)22-21-38(6)28(33(27)40)13-14-30-37(5)18-17-31(36(3,4)29(37)16-19-39(30,38)7)47-34(44)25-9-11-26(46-8)12-10-25/h9-12,24,27-31,33H,13-23H2,1-8H3,(H,41,45)(H,42,43)/t27-,28-,29?,30?,31+,33?,37?,38+,39+,40-/m0/s1. The summed E-state index contributed by atoms with van der Waals surface area (Å²) in [7, 11) is 1.62. The molecule has 260 valence electrons. The van der Waals surface area contributed by atoms with Gasteiger partial charge in [-0.25, -0.2) is 4.79 Å². The van der Waals surface area contributed by atoms with Gasteiger partial charge in [-0.3, -0.25) is 9.59 Å². The number of fused-ring (bicyclic) bond motifs is 7. The zero-order chi connectivity index (χ0) is 34.2. The van der Waals surface area contributed by atoms with Gasteiger partial charge in [0.05, 0.1) is 18.1 Å². The predicted molar refractivity (Wildman–Crippen MR) is 182 cm³/mol. The summed E-state index contributed by atoms with van der Waals surface area (Å²) in [5.74, 6) is 2.23. The van der Waals surface area contributed by atoms with E-state index in [4.69, 9.17) is 9.47 Å². The molecule has 47 heavy (non-hydrogen) atoms. The van der Waals surface area contributed by atoms with Gasteiger partial charge in [0.2, 0.25) is 5.91 Å². The average molecular weight is 650 g/mol. The number of benzene rings is 1. The van der Waals surface area contributed by atoms with Gasteiger partial charge in [0.15, 0.2) is 0 Å². The van der Waals surface area contributed by atoms with Gasteiger partial charge in [-0.05, 0) is 140 Å². The fourth-order valence-electron chi connectivity index (χ4n) is 13.2. The SMILES string of the molecule is COc1ccc(C(=O)O[C@@H]2CCC3(C)C(CC[C@]4(C)C3CC[C@H]3C5[C@H](C(C)C)CC[C@]5(C(=O)NCC(=O)O)CC[C@]34C)C2(C)C)cc1. The summed E-state index contributed by atoms with van der Waals surface area (Å²) in [6.07, 6.45) is 10.2. The Balaban J connectivity index is 1.26. The molecule has 0 radical (unpaired) electrons. The van der Waals surface area contributed by atoms with E-state index in [9.17, 15) is 19.5 Å². The molecule has 5 aliphatic rings. The lowest BCUT2D eigenvalue weighted by Crippen LogP contribution is -2.67. The van der Waals surface area contributed by atoms with Crippen molar-refractivity contribution >= 4 is 17.8 Å². The van der Waals surface area contributed by atoms with E-state index < -0.39 is 11.4 Å². The monoisotopic (exact) mass is 649 g/mol. The molecule has 1 aromatic rings. The molecule has 1 amide bonds.